The quantitative estimate of drug-likeness (QED) is 0.350. The summed E-state index contributed by atoms with van der Waals surface area (Å²) in [5, 5.41) is 0. The Morgan fingerprint density at radius 1 is 0.909 bits per heavy atom. The number of amides is 1. The number of rotatable bonds is 8. The molecule has 1 rings (SSSR count). The van der Waals surface area contributed by atoms with Gasteiger partial charge in [-0.15, -0.1) is 0 Å². The molecule has 1 amide bonds. The van der Waals surface area contributed by atoms with Crippen LogP contribution in [0.2, 0.25) is 0 Å². The SMILES string of the molecule is CC(C)C(=O)ONC(=O)CCC(Cc1cccc(C(=O)OC(C)(C)C)c1)C(=O)OC(C)(C)C. The molecule has 1 atom stereocenters. The lowest BCUT2D eigenvalue weighted by Crippen LogP contribution is -2.32. The highest BCUT2D eigenvalue weighted by Crippen LogP contribution is 2.21. The number of hydroxylamine groups is 1. The zero-order valence-corrected chi connectivity index (χ0v) is 20.9. The maximum atomic E-state index is 12.8. The van der Waals surface area contributed by atoms with Gasteiger partial charge in [-0.1, -0.05) is 26.0 Å². The van der Waals surface area contributed by atoms with Crippen LogP contribution in [0.1, 0.15) is 84.2 Å². The van der Waals surface area contributed by atoms with E-state index >= 15 is 0 Å². The maximum absolute atomic E-state index is 12.8. The van der Waals surface area contributed by atoms with Crippen molar-refractivity contribution in [3.8, 4) is 0 Å². The molecule has 0 saturated carbocycles. The van der Waals surface area contributed by atoms with Gasteiger partial charge in [0.2, 0.25) is 0 Å². The van der Waals surface area contributed by atoms with Crippen molar-refractivity contribution >= 4 is 23.8 Å². The van der Waals surface area contributed by atoms with Crippen LogP contribution in [0.3, 0.4) is 0 Å². The highest BCUT2D eigenvalue weighted by molar-refractivity contribution is 5.90. The smallest absolute Gasteiger partial charge is 0.338 e. The molecular weight excluding hydrogens is 426 g/mol. The van der Waals surface area contributed by atoms with Gasteiger partial charge < -0.3 is 14.3 Å². The van der Waals surface area contributed by atoms with E-state index in [-0.39, 0.29) is 25.2 Å². The van der Waals surface area contributed by atoms with E-state index in [1.807, 2.05) is 0 Å². The van der Waals surface area contributed by atoms with Gasteiger partial charge in [0.15, 0.2) is 0 Å². The lowest BCUT2D eigenvalue weighted by Gasteiger charge is -2.24. The third-order valence-corrected chi connectivity index (χ3v) is 4.24. The highest BCUT2D eigenvalue weighted by Gasteiger charge is 2.27. The van der Waals surface area contributed by atoms with Crippen molar-refractivity contribution in [2.45, 2.75) is 85.9 Å². The van der Waals surface area contributed by atoms with Crippen molar-refractivity contribution < 1.29 is 33.5 Å². The van der Waals surface area contributed by atoms with Gasteiger partial charge in [0.25, 0.3) is 5.91 Å². The van der Waals surface area contributed by atoms with Crippen molar-refractivity contribution in [2.24, 2.45) is 11.8 Å². The van der Waals surface area contributed by atoms with Crippen LogP contribution in [0.5, 0.6) is 0 Å². The zero-order chi connectivity index (χ0) is 25.4. The number of benzene rings is 1. The van der Waals surface area contributed by atoms with E-state index in [1.165, 1.54) is 0 Å². The Labute approximate surface area is 196 Å². The Morgan fingerprint density at radius 2 is 1.52 bits per heavy atom. The number of carbonyl (C=O) groups excluding carboxylic acids is 4. The normalized spacial score (nSPS) is 12.6. The first-order valence-corrected chi connectivity index (χ1v) is 11.1. The van der Waals surface area contributed by atoms with Crippen LogP contribution in [-0.4, -0.2) is 35.0 Å². The molecule has 0 heterocycles. The second-order valence-electron chi connectivity index (χ2n) is 10.3. The minimum atomic E-state index is -0.692. The Bertz CT molecular complexity index is 847. The topological polar surface area (TPSA) is 108 Å². The van der Waals surface area contributed by atoms with E-state index in [0.717, 1.165) is 5.56 Å². The van der Waals surface area contributed by atoms with Crippen LogP contribution in [0.15, 0.2) is 24.3 Å². The molecule has 0 aliphatic heterocycles. The minimum Gasteiger partial charge on any atom is -0.460 e. The van der Waals surface area contributed by atoms with Crippen LogP contribution in [0.25, 0.3) is 0 Å². The number of ether oxygens (including phenoxy) is 2. The molecule has 0 aromatic heterocycles. The summed E-state index contributed by atoms with van der Waals surface area (Å²) in [6, 6.07) is 6.85. The summed E-state index contributed by atoms with van der Waals surface area (Å²) in [7, 11) is 0. The fraction of sp³-hybridized carbons (Fsp3) is 0.600. The Hall–Kier alpha value is -2.90. The molecule has 0 aliphatic rings. The fourth-order valence-corrected chi connectivity index (χ4v) is 2.72. The molecule has 184 valence electrons. The summed E-state index contributed by atoms with van der Waals surface area (Å²) in [5.41, 5.74) is 1.91. The maximum Gasteiger partial charge on any atom is 0.338 e. The van der Waals surface area contributed by atoms with E-state index in [2.05, 4.69) is 5.48 Å². The fourth-order valence-electron chi connectivity index (χ4n) is 2.72. The molecule has 1 aromatic rings. The van der Waals surface area contributed by atoms with Gasteiger partial charge in [0.05, 0.1) is 17.4 Å². The van der Waals surface area contributed by atoms with Gasteiger partial charge in [-0.2, -0.15) is 5.48 Å². The van der Waals surface area contributed by atoms with E-state index in [0.29, 0.717) is 5.56 Å². The lowest BCUT2D eigenvalue weighted by atomic mass is 9.93. The van der Waals surface area contributed by atoms with Crippen LogP contribution in [-0.2, 0) is 35.1 Å². The van der Waals surface area contributed by atoms with Crippen molar-refractivity contribution in [2.75, 3.05) is 0 Å². The monoisotopic (exact) mass is 463 g/mol. The first kappa shape index (κ1) is 28.1. The predicted octanol–water partition coefficient (Wildman–Crippen LogP) is 4.15. The van der Waals surface area contributed by atoms with E-state index in [9.17, 15) is 19.2 Å². The van der Waals surface area contributed by atoms with Gasteiger partial charge in [-0.3, -0.25) is 9.59 Å². The number of nitrogens with one attached hydrogen (secondary N) is 1. The Kier molecular flexibility index (Phi) is 10.1. The van der Waals surface area contributed by atoms with Gasteiger partial charge >= 0.3 is 17.9 Å². The van der Waals surface area contributed by atoms with Crippen LogP contribution in [0, 0.1) is 11.8 Å². The summed E-state index contributed by atoms with van der Waals surface area (Å²) < 4.78 is 10.9. The van der Waals surface area contributed by atoms with E-state index < -0.39 is 40.9 Å². The summed E-state index contributed by atoms with van der Waals surface area (Å²) in [4.78, 5) is 53.6. The summed E-state index contributed by atoms with van der Waals surface area (Å²) in [6.07, 6.45) is 0.405. The molecule has 1 unspecified atom stereocenters. The lowest BCUT2D eigenvalue weighted by molar-refractivity contribution is -0.163. The third kappa shape index (κ3) is 11.5. The van der Waals surface area contributed by atoms with Crippen molar-refractivity contribution in [3.63, 3.8) is 0 Å². The summed E-state index contributed by atoms with van der Waals surface area (Å²) in [5.74, 6) is -2.98. The number of hydrogen-bond acceptors (Lipinski definition) is 7. The second kappa shape index (κ2) is 11.8. The third-order valence-electron chi connectivity index (χ3n) is 4.24. The molecule has 0 saturated heterocycles. The summed E-state index contributed by atoms with van der Waals surface area (Å²) >= 11 is 0. The average Bonchev–Trinajstić information content (AvgIpc) is 2.66. The molecule has 0 aliphatic carbocycles. The molecule has 0 spiro atoms. The largest absolute Gasteiger partial charge is 0.460 e. The van der Waals surface area contributed by atoms with Gasteiger partial charge in [0.1, 0.15) is 11.2 Å². The molecule has 0 radical (unpaired) electrons. The number of hydrogen-bond donors (Lipinski definition) is 1. The minimum absolute atomic E-state index is 0.0406. The standard InChI is InChI=1S/C25H37NO7/c1-16(2)21(28)33-26-20(27)13-12-19(23(30)32-25(6,7)8)15-17-10-9-11-18(14-17)22(29)31-24(3,4)5/h9-11,14,16,19H,12-13,15H2,1-8H3,(H,26,27). The number of carbonyl (C=O) groups is 4. The van der Waals surface area contributed by atoms with Crippen LogP contribution < -0.4 is 5.48 Å². The Morgan fingerprint density at radius 3 is 2.06 bits per heavy atom. The zero-order valence-electron chi connectivity index (χ0n) is 20.9. The van der Waals surface area contributed by atoms with Crippen molar-refractivity contribution in [1.82, 2.24) is 5.48 Å². The Balaban J connectivity index is 2.92. The first-order chi connectivity index (χ1) is 15.1. The first-order valence-electron chi connectivity index (χ1n) is 11.1. The number of esters is 2. The van der Waals surface area contributed by atoms with Crippen molar-refractivity contribution in [3.05, 3.63) is 35.4 Å². The molecular formula is C25H37NO7. The van der Waals surface area contributed by atoms with Crippen molar-refractivity contribution in [1.29, 1.82) is 0 Å². The molecule has 1 aromatic carbocycles. The van der Waals surface area contributed by atoms with Gasteiger partial charge in [-0.05, 0) is 72.1 Å². The molecule has 0 bridgehead atoms. The van der Waals surface area contributed by atoms with Gasteiger partial charge in [-0.25, -0.2) is 9.59 Å². The van der Waals surface area contributed by atoms with E-state index in [1.54, 1.807) is 79.7 Å². The average molecular weight is 464 g/mol. The molecule has 8 nitrogen and oxygen atoms in total. The molecule has 8 heteroatoms. The molecule has 33 heavy (non-hydrogen) atoms. The van der Waals surface area contributed by atoms with E-state index in [4.69, 9.17) is 14.3 Å². The van der Waals surface area contributed by atoms with Crippen LogP contribution in [0.4, 0.5) is 0 Å². The van der Waals surface area contributed by atoms with Gasteiger partial charge in [0, 0.05) is 6.42 Å². The molecule has 0 fully saturated rings. The second-order valence-corrected chi connectivity index (χ2v) is 10.3. The molecule has 1 N–H and O–H groups in total. The summed E-state index contributed by atoms with van der Waals surface area (Å²) in [6.45, 7) is 14.0. The van der Waals surface area contributed by atoms with Crippen LogP contribution >= 0.6 is 0 Å². The predicted molar refractivity (Wildman–Crippen MR) is 123 cm³/mol. The highest BCUT2D eigenvalue weighted by atomic mass is 16.7.